The van der Waals surface area contributed by atoms with Gasteiger partial charge in [0.2, 0.25) is 5.91 Å². The molecule has 0 fully saturated rings. The molecule has 0 spiro atoms. The SMILES string of the molecule is O=C(Cc1cccc2ccccc12)NNC(=O)c1cc(Cl)c2c(c1)OCCCO2. The van der Waals surface area contributed by atoms with E-state index in [9.17, 15) is 9.59 Å². The average molecular weight is 411 g/mol. The molecule has 0 unspecified atom stereocenters. The molecule has 0 aromatic heterocycles. The maximum absolute atomic E-state index is 12.5. The second-order valence-electron chi connectivity index (χ2n) is 6.65. The van der Waals surface area contributed by atoms with E-state index < -0.39 is 5.91 Å². The highest BCUT2D eigenvalue weighted by Crippen LogP contribution is 2.37. The van der Waals surface area contributed by atoms with Crippen LogP contribution in [0.2, 0.25) is 5.02 Å². The van der Waals surface area contributed by atoms with E-state index in [-0.39, 0.29) is 22.9 Å². The Labute approximate surface area is 172 Å². The number of nitrogens with one attached hydrogen (secondary N) is 2. The van der Waals surface area contributed by atoms with E-state index in [4.69, 9.17) is 21.1 Å². The molecule has 1 aliphatic heterocycles. The third kappa shape index (κ3) is 4.27. The van der Waals surface area contributed by atoms with Crippen LogP contribution >= 0.6 is 11.6 Å². The molecule has 0 bridgehead atoms. The van der Waals surface area contributed by atoms with Gasteiger partial charge in [0.25, 0.3) is 5.91 Å². The highest BCUT2D eigenvalue weighted by Gasteiger charge is 2.19. The fourth-order valence-electron chi connectivity index (χ4n) is 3.22. The summed E-state index contributed by atoms with van der Waals surface area (Å²) in [5, 5.41) is 2.35. The minimum atomic E-state index is -0.492. The van der Waals surface area contributed by atoms with Crippen LogP contribution in [0, 0.1) is 0 Å². The number of fused-ring (bicyclic) bond motifs is 2. The van der Waals surface area contributed by atoms with E-state index in [2.05, 4.69) is 10.9 Å². The molecule has 4 rings (SSSR count). The van der Waals surface area contributed by atoms with Gasteiger partial charge in [0.15, 0.2) is 11.5 Å². The van der Waals surface area contributed by atoms with Gasteiger partial charge in [-0.15, -0.1) is 0 Å². The van der Waals surface area contributed by atoms with Crippen LogP contribution in [-0.4, -0.2) is 25.0 Å². The predicted molar refractivity (Wildman–Crippen MR) is 110 cm³/mol. The van der Waals surface area contributed by atoms with Gasteiger partial charge in [-0.2, -0.15) is 0 Å². The molecule has 0 aliphatic carbocycles. The smallest absolute Gasteiger partial charge is 0.269 e. The van der Waals surface area contributed by atoms with Crippen LogP contribution in [-0.2, 0) is 11.2 Å². The summed E-state index contributed by atoms with van der Waals surface area (Å²) in [6, 6.07) is 16.7. The van der Waals surface area contributed by atoms with Crippen molar-refractivity contribution >= 4 is 34.2 Å². The number of hydrogen-bond acceptors (Lipinski definition) is 4. The summed E-state index contributed by atoms with van der Waals surface area (Å²) in [4.78, 5) is 24.8. The van der Waals surface area contributed by atoms with Crippen molar-refractivity contribution < 1.29 is 19.1 Å². The first kappa shape index (κ1) is 19.1. The maximum Gasteiger partial charge on any atom is 0.269 e. The Balaban J connectivity index is 1.42. The molecule has 2 amide bonds. The summed E-state index contributed by atoms with van der Waals surface area (Å²) in [5.41, 5.74) is 6.03. The highest BCUT2D eigenvalue weighted by molar-refractivity contribution is 6.32. The number of hydrazine groups is 1. The van der Waals surface area contributed by atoms with Gasteiger partial charge in [-0.25, -0.2) is 0 Å². The Morgan fingerprint density at radius 3 is 2.66 bits per heavy atom. The van der Waals surface area contributed by atoms with Gasteiger partial charge < -0.3 is 9.47 Å². The lowest BCUT2D eigenvalue weighted by atomic mass is 10.0. The Morgan fingerprint density at radius 2 is 1.76 bits per heavy atom. The van der Waals surface area contributed by atoms with E-state index in [0.29, 0.717) is 24.7 Å². The first-order chi connectivity index (χ1) is 14.1. The number of ether oxygens (including phenoxy) is 2. The molecule has 0 radical (unpaired) electrons. The van der Waals surface area contributed by atoms with Crippen molar-refractivity contribution in [3.8, 4) is 11.5 Å². The minimum absolute atomic E-state index is 0.142. The summed E-state index contributed by atoms with van der Waals surface area (Å²) in [5.74, 6) is 0.0342. The number of halogens is 1. The van der Waals surface area contributed by atoms with Gasteiger partial charge in [0.1, 0.15) is 0 Å². The molecule has 7 heteroatoms. The molecule has 0 saturated carbocycles. The lowest BCUT2D eigenvalue weighted by Gasteiger charge is -2.12. The Morgan fingerprint density at radius 1 is 0.966 bits per heavy atom. The summed E-state index contributed by atoms with van der Waals surface area (Å²) in [6.07, 6.45) is 0.875. The van der Waals surface area contributed by atoms with Crippen molar-refractivity contribution in [2.75, 3.05) is 13.2 Å². The van der Waals surface area contributed by atoms with Crippen molar-refractivity contribution in [3.05, 3.63) is 70.7 Å². The number of carbonyl (C=O) groups excluding carboxylic acids is 2. The lowest BCUT2D eigenvalue weighted by molar-refractivity contribution is -0.121. The Bertz CT molecular complexity index is 1080. The fourth-order valence-corrected chi connectivity index (χ4v) is 3.49. The zero-order valence-corrected chi connectivity index (χ0v) is 16.3. The first-order valence-electron chi connectivity index (χ1n) is 9.27. The van der Waals surface area contributed by atoms with Crippen LogP contribution < -0.4 is 20.3 Å². The second-order valence-corrected chi connectivity index (χ2v) is 7.06. The quantitative estimate of drug-likeness (QED) is 0.646. The molecule has 148 valence electrons. The zero-order valence-electron chi connectivity index (χ0n) is 15.5. The maximum atomic E-state index is 12.5. The molecular formula is C22H19ClN2O4. The number of benzene rings is 3. The Hall–Kier alpha value is -3.25. The van der Waals surface area contributed by atoms with Gasteiger partial charge in [0, 0.05) is 12.0 Å². The molecule has 3 aromatic carbocycles. The van der Waals surface area contributed by atoms with E-state index in [1.165, 1.54) is 6.07 Å². The number of rotatable bonds is 3. The largest absolute Gasteiger partial charge is 0.489 e. The molecule has 6 nitrogen and oxygen atoms in total. The molecule has 3 aromatic rings. The monoisotopic (exact) mass is 410 g/mol. The van der Waals surface area contributed by atoms with Crippen LogP contribution in [0.15, 0.2) is 54.6 Å². The molecule has 0 saturated heterocycles. The van der Waals surface area contributed by atoms with Crippen molar-refractivity contribution in [1.82, 2.24) is 10.9 Å². The first-order valence-corrected chi connectivity index (χ1v) is 9.64. The Kier molecular flexibility index (Phi) is 5.53. The topological polar surface area (TPSA) is 76.7 Å². The van der Waals surface area contributed by atoms with Crippen LogP contribution in [0.4, 0.5) is 0 Å². The van der Waals surface area contributed by atoms with Gasteiger partial charge in [-0.3, -0.25) is 20.4 Å². The van der Waals surface area contributed by atoms with Crippen molar-refractivity contribution in [2.24, 2.45) is 0 Å². The van der Waals surface area contributed by atoms with Crippen LogP contribution in [0.25, 0.3) is 10.8 Å². The molecule has 1 heterocycles. The normalized spacial score (nSPS) is 12.9. The fraction of sp³-hybridized carbons (Fsp3) is 0.182. The van der Waals surface area contributed by atoms with E-state index in [0.717, 1.165) is 22.8 Å². The number of carbonyl (C=O) groups is 2. The van der Waals surface area contributed by atoms with E-state index >= 15 is 0 Å². The molecular weight excluding hydrogens is 392 g/mol. The average Bonchev–Trinajstić information content (AvgIpc) is 2.98. The zero-order chi connectivity index (χ0) is 20.2. The summed E-state index contributed by atoms with van der Waals surface area (Å²) in [6.45, 7) is 0.985. The van der Waals surface area contributed by atoms with E-state index in [1.54, 1.807) is 6.07 Å². The number of amides is 2. The van der Waals surface area contributed by atoms with Crippen molar-refractivity contribution in [3.63, 3.8) is 0 Å². The second kappa shape index (κ2) is 8.41. The molecule has 2 N–H and O–H groups in total. The minimum Gasteiger partial charge on any atom is -0.489 e. The summed E-state index contributed by atoms with van der Waals surface area (Å²) < 4.78 is 11.1. The van der Waals surface area contributed by atoms with Crippen molar-refractivity contribution in [1.29, 1.82) is 0 Å². The summed E-state index contributed by atoms with van der Waals surface area (Å²) >= 11 is 6.22. The third-order valence-corrected chi connectivity index (χ3v) is 4.89. The summed E-state index contributed by atoms with van der Waals surface area (Å²) in [7, 11) is 0. The standard InChI is InChI=1S/C22H19ClN2O4/c23-18-11-16(12-19-21(18)29-10-4-9-28-19)22(27)25-24-20(26)13-15-7-3-6-14-5-1-2-8-17(14)15/h1-3,5-8,11-12H,4,9-10,13H2,(H,24,26)(H,25,27). The van der Waals surface area contributed by atoms with E-state index in [1.807, 2.05) is 42.5 Å². The molecule has 1 aliphatic rings. The van der Waals surface area contributed by atoms with Crippen molar-refractivity contribution in [2.45, 2.75) is 12.8 Å². The third-order valence-electron chi connectivity index (χ3n) is 4.61. The highest BCUT2D eigenvalue weighted by atomic mass is 35.5. The van der Waals surface area contributed by atoms with Gasteiger partial charge in [-0.1, -0.05) is 54.1 Å². The molecule has 0 atom stereocenters. The lowest BCUT2D eigenvalue weighted by Crippen LogP contribution is -2.42. The van der Waals surface area contributed by atoms with Gasteiger partial charge >= 0.3 is 0 Å². The predicted octanol–water partition coefficient (Wildman–Crippen LogP) is 3.66. The van der Waals surface area contributed by atoms with Gasteiger partial charge in [-0.05, 0) is 28.5 Å². The number of hydrogen-bond donors (Lipinski definition) is 2. The van der Waals surface area contributed by atoms with Crippen LogP contribution in [0.5, 0.6) is 11.5 Å². The molecule has 29 heavy (non-hydrogen) atoms. The van der Waals surface area contributed by atoms with Crippen LogP contribution in [0.3, 0.4) is 0 Å². The van der Waals surface area contributed by atoms with Gasteiger partial charge in [0.05, 0.1) is 24.7 Å². The van der Waals surface area contributed by atoms with Crippen LogP contribution in [0.1, 0.15) is 22.3 Å².